The number of thiocarbonyl (C=S) groups is 1. The van der Waals surface area contributed by atoms with Crippen LogP contribution in [0.2, 0.25) is 0 Å². The number of aryl methyl sites for hydroxylation is 1. The molecule has 1 fully saturated rings. The Morgan fingerprint density at radius 2 is 2.11 bits per heavy atom. The smallest absolute Gasteiger partial charge is 0.257 e. The fourth-order valence-electron chi connectivity index (χ4n) is 3.58. The van der Waals surface area contributed by atoms with Gasteiger partial charge in [-0.15, -0.1) is 0 Å². The van der Waals surface area contributed by atoms with Crippen molar-refractivity contribution >= 4 is 23.2 Å². The van der Waals surface area contributed by atoms with Crippen molar-refractivity contribution in [1.82, 2.24) is 15.2 Å². The Kier molecular flexibility index (Phi) is 7.51. The lowest BCUT2D eigenvalue weighted by molar-refractivity contribution is 0.0969. The number of ether oxygens (including phenoxy) is 1. The van der Waals surface area contributed by atoms with Gasteiger partial charge in [-0.1, -0.05) is 18.2 Å². The normalized spacial score (nSPS) is 16.6. The molecule has 1 aliphatic rings. The van der Waals surface area contributed by atoms with Gasteiger partial charge in [0, 0.05) is 38.2 Å². The molecule has 1 saturated heterocycles. The third-order valence-corrected chi connectivity index (χ3v) is 5.42. The number of carbonyl (C=O) groups excluding carboxylic acids is 1. The molecule has 1 unspecified atom stereocenters. The van der Waals surface area contributed by atoms with E-state index in [1.807, 2.05) is 36.5 Å². The zero-order valence-corrected chi connectivity index (χ0v) is 17.1. The fourth-order valence-corrected chi connectivity index (χ4v) is 3.89. The molecular formula is C22H27N3O2S. The third-order valence-electron chi connectivity index (χ3n) is 5.08. The predicted molar refractivity (Wildman–Crippen MR) is 114 cm³/mol. The highest BCUT2D eigenvalue weighted by Gasteiger charge is 2.27. The quantitative estimate of drug-likeness (QED) is 0.592. The number of hydrogen-bond donors (Lipinski definition) is 1. The van der Waals surface area contributed by atoms with Crippen LogP contribution in [0.25, 0.3) is 0 Å². The molecule has 0 radical (unpaired) electrons. The first kappa shape index (κ1) is 20.4. The van der Waals surface area contributed by atoms with Crippen LogP contribution in [0, 0.1) is 0 Å². The Labute approximate surface area is 172 Å². The molecule has 2 heterocycles. The maximum absolute atomic E-state index is 12.7. The number of pyridine rings is 1. The molecule has 2 aromatic rings. The van der Waals surface area contributed by atoms with Crippen LogP contribution in [0.3, 0.4) is 0 Å². The van der Waals surface area contributed by atoms with E-state index in [9.17, 15) is 4.79 Å². The summed E-state index contributed by atoms with van der Waals surface area (Å²) >= 11 is 5.58. The number of nitrogens with zero attached hydrogens (tertiary/aromatic N) is 2. The zero-order chi connectivity index (χ0) is 19.8. The van der Waals surface area contributed by atoms with Crippen LogP contribution in [0.5, 0.6) is 0 Å². The van der Waals surface area contributed by atoms with Gasteiger partial charge in [0.1, 0.15) is 0 Å². The summed E-state index contributed by atoms with van der Waals surface area (Å²) in [5.74, 6) is -0.163. The molecule has 148 valence electrons. The number of amides is 1. The molecule has 3 rings (SSSR count). The summed E-state index contributed by atoms with van der Waals surface area (Å²) in [6.45, 7) is 1.58. The lowest BCUT2D eigenvalue weighted by atomic mass is 9.97. The predicted octanol–water partition coefficient (Wildman–Crippen LogP) is 3.90. The highest BCUT2D eigenvalue weighted by molar-refractivity contribution is 7.80. The van der Waals surface area contributed by atoms with Crippen molar-refractivity contribution in [2.24, 2.45) is 0 Å². The molecule has 0 bridgehead atoms. The van der Waals surface area contributed by atoms with Crippen LogP contribution in [0.15, 0.2) is 48.8 Å². The number of benzene rings is 1. The first-order valence-corrected chi connectivity index (χ1v) is 10.2. The Bertz CT molecular complexity index is 780. The van der Waals surface area contributed by atoms with Crippen molar-refractivity contribution in [1.29, 1.82) is 0 Å². The van der Waals surface area contributed by atoms with Gasteiger partial charge in [-0.3, -0.25) is 15.1 Å². The van der Waals surface area contributed by atoms with Crippen LogP contribution in [0.4, 0.5) is 0 Å². The molecule has 0 spiro atoms. The number of piperidine rings is 1. The average molecular weight is 398 g/mol. The van der Waals surface area contributed by atoms with E-state index in [0.29, 0.717) is 10.7 Å². The Morgan fingerprint density at radius 1 is 1.29 bits per heavy atom. The minimum atomic E-state index is -0.163. The molecule has 28 heavy (non-hydrogen) atoms. The Morgan fingerprint density at radius 3 is 2.82 bits per heavy atom. The second-order valence-electron chi connectivity index (χ2n) is 7.04. The maximum Gasteiger partial charge on any atom is 0.257 e. The van der Waals surface area contributed by atoms with Crippen molar-refractivity contribution in [2.75, 3.05) is 20.3 Å². The SMILES string of the molecule is COCCCc1ccc(C(=O)NC(=S)N2CCCCC2c2cccnc2)cc1. The molecule has 1 atom stereocenters. The van der Waals surface area contributed by atoms with Gasteiger partial charge in [0.15, 0.2) is 5.11 Å². The van der Waals surface area contributed by atoms with E-state index in [1.165, 1.54) is 5.56 Å². The van der Waals surface area contributed by atoms with Crippen molar-refractivity contribution in [3.05, 3.63) is 65.5 Å². The second kappa shape index (κ2) is 10.3. The van der Waals surface area contributed by atoms with Crippen LogP contribution >= 0.6 is 12.2 Å². The summed E-state index contributed by atoms with van der Waals surface area (Å²) in [6, 6.07) is 11.9. The van der Waals surface area contributed by atoms with Gasteiger partial charge in [-0.25, -0.2) is 0 Å². The summed E-state index contributed by atoms with van der Waals surface area (Å²) in [6.07, 6.45) is 8.80. The van der Waals surface area contributed by atoms with Gasteiger partial charge >= 0.3 is 0 Å². The molecule has 6 heteroatoms. The summed E-state index contributed by atoms with van der Waals surface area (Å²) in [4.78, 5) is 19.0. The molecule has 0 aliphatic carbocycles. The number of nitrogens with one attached hydrogen (secondary N) is 1. The van der Waals surface area contributed by atoms with Crippen LogP contribution in [-0.4, -0.2) is 41.2 Å². The van der Waals surface area contributed by atoms with Crippen molar-refractivity contribution in [3.63, 3.8) is 0 Å². The lowest BCUT2D eigenvalue weighted by Crippen LogP contribution is -2.46. The first-order chi connectivity index (χ1) is 13.7. The topological polar surface area (TPSA) is 54.5 Å². The zero-order valence-electron chi connectivity index (χ0n) is 16.3. The monoisotopic (exact) mass is 397 g/mol. The molecule has 1 aromatic heterocycles. The van der Waals surface area contributed by atoms with Gasteiger partial charge in [0.05, 0.1) is 6.04 Å². The molecule has 0 saturated carbocycles. The number of aromatic nitrogens is 1. The van der Waals surface area contributed by atoms with Gasteiger partial charge < -0.3 is 9.64 Å². The Hall–Kier alpha value is -2.31. The summed E-state index contributed by atoms with van der Waals surface area (Å²) in [5, 5.41) is 3.40. The van der Waals surface area contributed by atoms with E-state index < -0.39 is 0 Å². The van der Waals surface area contributed by atoms with E-state index in [-0.39, 0.29) is 11.9 Å². The highest BCUT2D eigenvalue weighted by atomic mass is 32.1. The molecule has 1 aromatic carbocycles. The summed E-state index contributed by atoms with van der Waals surface area (Å²) < 4.78 is 5.08. The molecule has 1 amide bonds. The van der Waals surface area contributed by atoms with E-state index in [2.05, 4.69) is 21.3 Å². The number of methoxy groups -OCH3 is 1. The maximum atomic E-state index is 12.7. The van der Waals surface area contributed by atoms with E-state index >= 15 is 0 Å². The van der Waals surface area contributed by atoms with E-state index in [4.69, 9.17) is 17.0 Å². The number of likely N-dealkylation sites (tertiary alicyclic amines) is 1. The number of carbonyl (C=O) groups is 1. The van der Waals surface area contributed by atoms with Gasteiger partial charge in [0.25, 0.3) is 5.91 Å². The average Bonchev–Trinajstić information content (AvgIpc) is 2.75. The Balaban J connectivity index is 1.62. The van der Waals surface area contributed by atoms with Crippen LogP contribution in [-0.2, 0) is 11.2 Å². The third kappa shape index (κ3) is 5.36. The van der Waals surface area contributed by atoms with Crippen LogP contribution < -0.4 is 5.32 Å². The van der Waals surface area contributed by atoms with Gasteiger partial charge in [-0.05, 0) is 73.6 Å². The first-order valence-electron chi connectivity index (χ1n) is 9.79. The summed E-state index contributed by atoms with van der Waals surface area (Å²) in [5.41, 5.74) is 2.95. The van der Waals surface area contributed by atoms with Gasteiger partial charge in [-0.2, -0.15) is 0 Å². The molecule has 5 nitrogen and oxygen atoms in total. The fraction of sp³-hybridized carbons (Fsp3) is 0.409. The molecule has 1 N–H and O–H groups in total. The van der Waals surface area contributed by atoms with Crippen molar-refractivity contribution in [3.8, 4) is 0 Å². The van der Waals surface area contributed by atoms with E-state index in [1.54, 1.807) is 13.3 Å². The largest absolute Gasteiger partial charge is 0.385 e. The second-order valence-corrected chi connectivity index (χ2v) is 7.43. The number of hydrogen-bond acceptors (Lipinski definition) is 4. The highest BCUT2D eigenvalue weighted by Crippen LogP contribution is 2.30. The van der Waals surface area contributed by atoms with Crippen molar-refractivity contribution < 1.29 is 9.53 Å². The summed E-state index contributed by atoms with van der Waals surface area (Å²) in [7, 11) is 1.71. The molecular weight excluding hydrogens is 370 g/mol. The minimum absolute atomic E-state index is 0.163. The number of rotatable bonds is 6. The van der Waals surface area contributed by atoms with Crippen molar-refractivity contribution in [2.45, 2.75) is 38.1 Å². The lowest BCUT2D eigenvalue weighted by Gasteiger charge is -2.37. The standard InChI is InChI=1S/C22H27N3O2S/c1-27-15-5-6-17-9-11-18(12-10-17)21(26)24-22(28)25-14-3-2-8-20(25)19-7-4-13-23-16-19/h4,7,9-13,16,20H,2-3,5-6,8,14-15H2,1H3,(H,24,26,28). The van der Waals surface area contributed by atoms with Crippen LogP contribution in [0.1, 0.15) is 53.2 Å². The molecule has 1 aliphatic heterocycles. The minimum Gasteiger partial charge on any atom is -0.385 e. The van der Waals surface area contributed by atoms with Gasteiger partial charge in [0.2, 0.25) is 0 Å². The van der Waals surface area contributed by atoms with E-state index in [0.717, 1.165) is 50.8 Å².